The molecule has 3 rings (SSSR count). The molecule has 0 bridgehead atoms. The van der Waals surface area contributed by atoms with Crippen molar-refractivity contribution in [2.75, 3.05) is 23.3 Å². The molecule has 1 aromatic carbocycles. The van der Waals surface area contributed by atoms with Gasteiger partial charge in [0.25, 0.3) is 5.91 Å². The molecule has 0 atom stereocenters. The largest absolute Gasteiger partial charge is 0.356 e. The highest BCUT2D eigenvalue weighted by atomic mass is 35.5. The van der Waals surface area contributed by atoms with Crippen molar-refractivity contribution in [1.29, 1.82) is 0 Å². The first-order valence-corrected chi connectivity index (χ1v) is 8.55. The summed E-state index contributed by atoms with van der Waals surface area (Å²) in [5.74, 6) is 1.30. The fourth-order valence-electron chi connectivity index (χ4n) is 2.80. The number of amides is 1. The SMILES string of the molecule is Cc1ccc(Cl)cc1NC(=O)c1cc(N2CCC(C)CC2)ncn1. The van der Waals surface area contributed by atoms with Gasteiger partial charge in [-0.05, 0) is 43.4 Å². The Bertz CT molecular complexity index is 742. The van der Waals surface area contributed by atoms with Crippen LogP contribution < -0.4 is 10.2 Å². The Kier molecular flexibility index (Phi) is 5.00. The van der Waals surface area contributed by atoms with Crippen LogP contribution in [0.4, 0.5) is 11.5 Å². The Labute approximate surface area is 147 Å². The summed E-state index contributed by atoms with van der Waals surface area (Å²) < 4.78 is 0. The highest BCUT2D eigenvalue weighted by Crippen LogP contribution is 2.23. The molecule has 1 aliphatic heterocycles. The summed E-state index contributed by atoms with van der Waals surface area (Å²) >= 11 is 6.00. The fourth-order valence-corrected chi connectivity index (χ4v) is 2.97. The molecular formula is C18H21ClN4O. The Balaban J connectivity index is 1.76. The normalized spacial score (nSPS) is 15.4. The molecule has 1 saturated heterocycles. The van der Waals surface area contributed by atoms with Gasteiger partial charge in [0.1, 0.15) is 17.8 Å². The minimum atomic E-state index is -0.255. The zero-order chi connectivity index (χ0) is 17.1. The number of piperidine rings is 1. The summed E-state index contributed by atoms with van der Waals surface area (Å²) in [5, 5.41) is 3.46. The minimum absolute atomic E-state index is 0.255. The van der Waals surface area contributed by atoms with Gasteiger partial charge in [-0.2, -0.15) is 0 Å². The maximum atomic E-state index is 12.5. The summed E-state index contributed by atoms with van der Waals surface area (Å²) in [4.78, 5) is 23.2. The van der Waals surface area contributed by atoms with Gasteiger partial charge in [-0.25, -0.2) is 9.97 Å². The summed E-state index contributed by atoms with van der Waals surface area (Å²) in [6.07, 6.45) is 3.74. The molecule has 0 spiro atoms. The van der Waals surface area contributed by atoms with Crippen molar-refractivity contribution in [3.63, 3.8) is 0 Å². The molecule has 1 aromatic heterocycles. The van der Waals surface area contributed by atoms with Crippen LogP contribution in [0.1, 0.15) is 35.8 Å². The smallest absolute Gasteiger partial charge is 0.274 e. The lowest BCUT2D eigenvalue weighted by molar-refractivity contribution is 0.102. The van der Waals surface area contributed by atoms with Crippen molar-refractivity contribution in [3.05, 3.63) is 46.9 Å². The maximum Gasteiger partial charge on any atom is 0.274 e. The van der Waals surface area contributed by atoms with E-state index in [9.17, 15) is 4.79 Å². The van der Waals surface area contributed by atoms with Crippen molar-refractivity contribution >= 4 is 29.0 Å². The van der Waals surface area contributed by atoms with Crippen molar-refractivity contribution in [1.82, 2.24) is 9.97 Å². The lowest BCUT2D eigenvalue weighted by Crippen LogP contribution is -2.33. The van der Waals surface area contributed by atoms with Crippen molar-refractivity contribution in [2.24, 2.45) is 5.92 Å². The Morgan fingerprint density at radius 2 is 2.00 bits per heavy atom. The van der Waals surface area contributed by atoms with Gasteiger partial charge in [0.2, 0.25) is 0 Å². The van der Waals surface area contributed by atoms with Gasteiger partial charge < -0.3 is 10.2 Å². The predicted octanol–water partition coefficient (Wildman–Crippen LogP) is 3.93. The third-order valence-electron chi connectivity index (χ3n) is 4.44. The van der Waals surface area contributed by atoms with Crippen molar-refractivity contribution in [2.45, 2.75) is 26.7 Å². The van der Waals surface area contributed by atoms with Gasteiger partial charge in [0.15, 0.2) is 0 Å². The van der Waals surface area contributed by atoms with Crippen LogP contribution in [0.2, 0.25) is 5.02 Å². The number of anilines is 2. The number of carbonyl (C=O) groups excluding carboxylic acids is 1. The first-order chi connectivity index (χ1) is 11.5. The van der Waals surface area contributed by atoms with Gasteiger partial charge in [0.05, 0.1) is 0 Å². The summed E-state index contributed by atoms with van der Waals surface area (Å²) in [6.45, 7) is 6.12. The summed E-state index contributed by atoms with van der Waals surface area (Å²) in [7, 11) is 0. The molecule has 1 N–H and O–H groups in total. The molecule has 2 heterocycles. The van der Waals surface area contributed by atoms with Crippen LogP contribution in [0.5, 0.6) is 0 Å². The number of halogens is 1. The number of nitrogens with one attached hydrogen (secondary N) is 1. The van der Waals surface area contributed by atoms with E-state index in [-0.39, 0.29) is 5.91 Å². The third kappa shape index (κ3) is 3.85. The molecule has 5 nitrogen and oxygen atoms in total. The van der Waals surface area contributed by atoms with E-state index in [1.54, 1.807) is 18.2 Å². The molecule has 0 aliphatic carbocycles. The number of hydrogen-bond acceptors (Lipinski definition) is 4. The molecule has 126 valence electrons. The first kappa shape index (κ1) is 16.7. The third-order valence-corrected chi connectivity index (χ3v) is 4.68. The number of benzene rings is 1. The topological polar surface area (TPSA) is 58.1 Å². The van der Waals surface area contributed by atoms with E-state index in [0.717, 1.165) is 43.2 Å². The first-order valence-electron chi connectivity index (χ1n) is 8.17. The molecule has 1 fully saturated rings. The van der Waals surface area contributed by atoms with E-state index in [4.69, 9.17) is 11.6 Å². The van der Waals surface area contributed by atoms with Crippen LogP contribution in [0.25, 0.3) is 0 Å². The summed E-state index contributed by atoms with van der Waals surface area (Å²) in [6, 6.07) is 7.17. The van der Waals surface area contributed by atoms with Gasteiger partial charge in [0, 0.05) is 29.9 Å². The molecule has 0 unspecified atom stereocenters. The maximum absolute atomic E-state index is 12.5. The number of aromatic nitrogens is 2. The van der Waals surface area contributed by atoms with Gasteiger partial charge in [-0.3, -0.25) is 4.79 Å². The highest BCUT2D eigenvalue weighted by molar-refractivity contribution is 6.31. The molecule has 24 heavy (non-hydrogen) atoms. The number of aryl methyl sites for hydroxylation is 1. The van der Waals surface area contributed by atoms with E-state index in [1.807, 2.05) is 13.0 Å². The lowest BCUT2D eigenvalue weighted by atomic mass is 9.99. The zero-order valence-electron chi connectivity index (χ0n) is 13.9. The molecule has 0 saturated carbocycles. The van der Waals surface area contributed by atoms with E-state index >= 15 is 0 Å². The highest BCUT2D eigenvalue weighted by Gasteiger charge is 2.18. The van der Waals surface area contributed by atoms with Crippen LogP contribution in [-0.4, -0.2) is 29.0 Å². The number of hydrogen-bond donors (Lipinski definition) is 1. The van der Waals surface area contributed by atoms with Crippen LogP contribution in [0.15, 0.2) is 30.6 Å². The molecule has 0 radical (unpaired) electrons. The Morgan fingerprint density at radius 1 is 1.25 bits per heavy atom. The van der Waals surface area contributed by atoms with Crippen molar-refractivity contribution < 1.29 is 4.79 Å². The fraction of sp³-hybridized carbons (Fsp3) is 0.389. The van der Waals surface area contributed by atoms with Crippen molar-refractivity contribution in [3.8, 4) is 0 Å². The molecular weight excluding hydrogens is 324 g/mol. The van der Waals surface area contributed by atoms with Gasteiger partial charge in [-0.15, -0.1) is 0 Å². The Morgan fingerprint density at radius 3 is 2.75 bits per heavy atom. The number of rotatable bonds is 3. The number of nitrogens with zero attached hydrogens (tertiary/aromatic N) is 3. The Hall–Kier alpha value is -2.14. The lowest BCUT2D eigenvalue weighted by Gasteiger charge is -2.31. The summed E-state index contributed by atoms with van der Waals surface area (Å²) in [5.41, 5.74) is 2.00. The zero-order valence-corrected chi connectivity index (χ0v) is 14.7. The predicted molar refractivity (Wildman–Crippen MR) is 96.8 cm³/mol. The van der Waals surface area contributed by atoms with Crippen LogP contribution in [0.3, 0.4) is 0 Å². The molecule has 1 aliphatic rings. The van der Waals surface area contributed by atoms with Crippen LogP contribution in [0, 0.1) is 12.8 Å². The van der Waals surface area contributed by atoms with Gasteiger partial charge >= 0.3 is 0 Å². The van der Waals surface area contributed by atoms with E-state index in [0.29, 0.717) is 16.4 Å². The van der Waals surface area contributed by atoms with E-state index in [1.165, 1.54) is 6.33 Å². The average molecular weight is 345 g/mol. The molecule has 6 heteroatoms. The van der Waals surface area contributed by atoms with Crippen LogP contribution >= 0.6 is 11.6 Å². The monoisotopic (exact) mass is 344 g/mol. The number of carbonyl (C=O) groups is 1. The average Bonchev–Trinajstić information content (AvgIpc) is 2.59. The van der Waals surface area contributed by atoms with E-state index in [2.05, 4.69) is 27.1 Å². The second kappa shape index (κ2) is 7.18. The standard InChI is InChI=1S/C18H21ClN4O/c1-12-5-7-23(8-6-12)17-10-16(20-11-21-17)18(24)22-15-9-14(19)4-3-13(15)2/h3-4,9-12H,5-8H2,1-2H3,(H,22,24). The van der Waals surface area contributed by atoms with Crippen LogP contribution in [-0.2, 0) is 0 Å². The van der Waals surface area contributed by atoms with E-state index < -0.39 is 0 Å². The second-order valence-corrected chi connectivity index (χ2v) is 6.78. The molecule has 2 aromatic rings. The molecule has 1 amide bonds. The quantitative estimate of drug-likeness (QED) is 0.916. The minimum Gasteiger partial charge on any atom is -0.356 e. The van der Waals surface area contributed by atoms with Gasteiger partial charge in [-0.1, -0.05) is 24.6 Å². The second-order valence-electron chi connectivity index (χ2n) is 6.34.